The highest BCUT2D eigenvalue weighted by Gasteiger charge is 2.30. The standard InChI is InChI=1S/C22H26N8OS/c1-22(2,24)21(31)30-8-6-29(7-9-30)12-13-10-15-18(23)26-19(27-20(15)32-13)14-4-3-5-17-16(14)11-25-28-17/h3-5,10-11H,6-9,12,24H2,1-2H3,(H,25,28)(H2,23,26,27). The summed E-state index contributed by atoms with van der Waals surface area (Å²) < 4.78 is 0. The minimum Gasteiger partial charge on any atom is -0.383 e. The van der Waals surface area contributed by atoms with E-state index in [-0.39, 0.29) is 5.91 Å². The number of nitrogen functional groups attached to an aromatic ring is 1. The SMILES string of the molecule is CC(C)(N)C(=O)N1CCN(Cc2cc3c(N)nc(-c4cccc5[nH]ncc45)nc3s2)CC1. The topological polar surface area (TPSA) is 130 Å². The number of hydrogen-bond acceptors (Lipinski definition) is 8. The number of carbonyl (C=O) groups excluding carboxylic acids is 1. The number of hydrogen-bond donors (Lipinski definition) is 3. The maximum Gasteiger partial charge on any atom is 0.242 e. The van der Waals surface area contributed by atoms with Crippen molar-refractivity contribution in [2.24, 2.45) is 5.73 Å². The number of carbonyl (C=O) groups is 1. The summed E-state index contributed by atoms with van der Waals surface area (Å²) in [6.07, 6.45) is 1.78. The molecule has 0 spiro atoms. The molecule has 9 nitrogen and oxygen atoms in total. The zero-order valence-corrected chi connectivity index (χ0v) is 18.9. The summed E-state index contributed by atoms with van der Waals surface area (Å²) in [5.41, 5.74) is 13.3. The van der Waals surface area contributed by atoms with Gasteiger partial charge in [0.1, 0.15) is 10.6 Å². The van der Waals surface area contributed by atoms with Crippen molar-refractivity contribution in [3.8, 4) is 11.4 Å². The highest BCUT2D eigenvalue weighted by molar-refractivity contribution is 7.18. The van der Waals surface area contributed by atoms with Crippen LogP contribution in [0.5, 0.6) is 0 Å². The van der Waals surface area contributed by atoms with Crippen LogP contribution in [-0.2, 0) is 11.3 Å². The predicted octanol–water partition coefficient (Wildman–Crippen LogP) is 2.20. The average Bonchev–Trinajstić information content (AvgIpc) is 3.39. The number of anilines is 1. The van der Waals surface area contributed by atoms with Gasteiger partial charge in [-0.25, -0.2) is 9.97 Å². The van der Waals surface area contributed by atoms with Crippen LogP contribution in [-0.4, -0.2) is 67.6 Å². The summed E-state index contributed by atoms with van der Waals surface area (Å²) in [7, 11) is 0. The first-order valence-corrected chi connectivity index (χ1v) is 11.4. The number of nitrogens with zero attached hydrogens (tertiary/aromatic N) is 5. The molecule has 1 aliphatic rings. The molecule has 0 bridgehead atoms. The summed E-state index contributed by atoms with van der Waals surface area (Å²) in [5, 5.41) is 8.95. The van der Waals surface area contributed by atoms with Crippen molar-refractivity contribution in [3.63, 3.8) is 0 Å². The van der Waals surface area contributed by atoms with E-state index in [1.54, 1.807) is 31.4 Å². The molecule has 1 aliphatic heterocycles. The van der Waals surface area contributed by atoms with Crippen molar-refractivity contribution in [3.05, 3.63) is 35.3 Å². The molecule has 10 heteroatoms. The number of H-pyrrole nitrogens is 1. The molecular formula is C22H26N8OS. The molecule has 1 fully saturated rings. The van der Waals surface area contributed by atoms with Gasteiger partial charge in [-0.3, -0.25) is 14.8 Å². The van der Waals surface area contributed by atoms with Crippen LogP contribution in [0.15, 0.2) is 30.5 Å². The molecule has 5 rings (SSSR count). The maximum atomic E-state index is 12.4. The molecule has 4 aromatic rings. The monoisotopic (exact) mass is 450 g/mol. The van der Waals surface area contributed by atoms with Crippen molar-refractivity contribution < 1.29 is 4.79 Å². The zero-order chi connectivity index (χ0) is 22.5. The van der Waals surface area contributed by atoms with Crippen LogP contribution in [0, 0.1) is 0 Å². The molecule has 0 radical (unpaired) electrons. The number of fused-ring (bicyclic) bond motifs is 2. The Labute approximate surface area is 189 Å². The molecule has 32 heavy (non-hydrogen) atoms. The van der Waals surface area contributed by atoms with Crippen LogP contribution in [0.4, 0.5) is 5.82 Å². The fourth-order valence-corrected chi connectivity index (χ4v) is 5.17. The lowest BCUT2D eigenvalue weighted by molar-refractivity contribution is -0.137. The predicted molar refractivity (Wildman–Crippen MR) is 127 cm³/mol. The number of nitrogens with two attached hydrogens (primary N) is 2. The number of thiophene rings is 1. The van der Waals surface area contributed by atoms with E-state index in [1.165, 1.54) is 4.88 Å². The van der Waals surface area contributed by atoms with Crippen LogP contribution >= 0.6 is 11.3 Å². The van der Waals surface area contributed by atoms with E-state index >= 15 is 0 Å². The normalized spacial score (nSPS) is 15.7. The fourth-order valence-electron chi connectivity index (χ4n) is 4.09. The van der Waals surface area contributed by atoms with Gasteiger partial charge in [-0.05, 0) is 26.0 Å². The van der Waals surface area contributed by atoms with Gasteiger partial charge in [0.2, 0.25) is 5.91 Å². The summed E-state index contributed by atoms with van der Waals surface area (Å²) in [5.74, 6) is 1.09. The van der Waals surface area contributed by atoms with E-state index in [1.807, 2.05) is 23.1 Å². The molecule has 0 atom stereocenters. The van der Waals surface area contributed by atoms with E-state index < -0.39 is 5.54 Å². The molecule has 1 aromatic carbocycles. The lowest BCUT2D eigenvalue weighted by Crippen LogP contribution is -2.56. The minimum absolute atomic E-state index is 0.00207. The van der Waals surface area contributed by atoms with Gasteiger partial charge >= 0.3 is 0 Å². The largest absolute Gasteiger partial charge is 0.383 e. The fraction of sp³-hybridized carbons (Fsp3) is 0.364. The zero-order valence-electron chi connectivity index (χ0n) is 18.1. The van der Waals surface area contributed by atoms with E-state index in [9.17, 15) is 4.79 Å². The van der Waals surface area contributed by atoms with Gasteiger partial charge in [0.15, 0.2) is 5.82 Å². The summed E-state index contributed by atoms with van der Waals surface area (Å²) in [6, 6.07) is 7.99. The molecule has 5 N–H and O–H groups in total. The Hall–Kier alpha value is -3.08. The first-order chi connectivity index (χ1) is 15.3. The molecule has 1 amide bonds. The molecule has 0 unspecified atom stereocenters. The van der Waals surface area contributed by atoms with Crippen molar-refractivity contribution in [1.82, 2.24) is 30.0 Å². The number of rotatable bonds is 4. The number of piperazine rings is 1. The molecule has 0 saturated carbocycles. The van der Waals surface area contributed by atoms with Crippen LogP contribution in [0.25, 0.3) is 32.5 Å². The average molecular weight is 451 g/mol. The smallest absolute Gasteiger partial charge is 0.242 e. The van der Waals surface area contributed by atoms with Crippen molar-refractivity contribution in [1.29, 1.82) is 0 Å². The maximum absolute atomic E-state index is 12.4. The van der Waals surface area contributed by atoms with E-state index in [2.05, 4.69) is 26.1 Å². The molecule has 4 heterocycles. The minimum atomic E-state index is -0.831. The number of benzene rings is 1. The Morgan fingerprint density at radius 3 is 2.72 bits per heavy atom. The third-order valence-corrected chi connectivity index (χ3v) is 6.80. The Morgan fingerprint density at radius 2 is 1.97 bits per heavy atom. The Kier molecular flexibility index (Phi) is 5.07. The van der Waals surface area contributed by atoms with Gasteiger partial charge in [-0.1, -0.05) is 12.1 Å². The van der Waals surface area contributed by atoms with E-state index in [0.29, 0.717) is 24.7 Å². The van der Waals surface area contributed by atoms with Gasteiger partial charge in [0, 0.05) is 48.6 Å². The van der Waals surface area contributed by atoms with Gasteiger partial charge in [0.25, 0.3) is 0 Å². The van der Waals surface area contributed by atoms with Crippen LogP contribution < -0.4 is 11.5 Å². The second-order valence-corrected chi connectivity index (χ2v) is 9.91. The van der Waals surface area contributed by atoms with Gasteiger partial charge in [-0.15, -0.1) is 11.3 Å². The molecule has 0 aliphatic carbocycles. The highest BCUT2D eigenvalue weighted by Crippen LogP contribution is 2.32. The molecule has 166 valence electrons. The highest BCUT2D eigenvalue weighted by atomic mass is 32.1. The Morgan fingerprint density at radius 1 is 1.19 bits per heavy atom. The van der Waals surface area contributed by atoms with Crippen LogP contribution in [0.3, 0.4) is 0 Å². The second kappa shape index (κ2) is 7.80. The molecule has 1 saturated heterocycles. The summed E-state index contributed by atoms with van der Waals surface area (Å²) in [4.78, 5) is 28.0. The number of aromatic nitrogens is 4. The lowest BCUT2D eigenvalue weighted by Gasteiger charge is -2.37. The van der Waals surface area contributed by atoms with Gasteiger partial charge in [0.05, 0.1) is 22.6 Å². The third kappa shape index (κ3) is 3.81. The van der Waals surface area contributed by atoms with Crippen molar-refractivity contribution >= 4 is 44.2 Å². The van der Waals surface area contributed by atoms with Crippen molar-refractivity contribution in [2.75, 3.05) is 31.9 Å². The molecule has 3 aromatic heterocycles. The van der Waals surface area contributed by atoms with E-state index in [4.69, 9.17) is 16.5 Å². The first-order valence-electron chi connectivity index (χ1n) is 10.6. The number of amides is 1. The summed E-state index contributed by atoms with van der Waals surface area (Å²) >= 11 is 1.64. The van der Waals surface area contributed by atoms with Gasteiger partial charge in [-0.2, -0.15) is 5.10 Å². The number of aromatic amines is 1. The number of nitrogens with one attached hydrogen (secondary N) is 1. The summed E-state index contributed by atoms with van der Waals surface area (Å²) in [6.45, 7) is 7.30. The van der Waals surface area contributed by atoms with E-state index in [0.717, 1.165) is 46.3 Å². The lowest BCUT2D eigenvalue weighted by atomic mass is 10.0. The Balaban J connectivity index is 1.35. The first kappa shape index (κ1) is 20.8. The second-order valence-electron chi connectivity index (χ2n) is 8.79. The third-order valence-electron chi connectivity index (χ3n) is 5.79. The van der Waals surface area contributed by atoms with Gasteiger partial charge < -0.3 is 16.4 Å². The van der Waals surface area contributed by atoms with Crippen LogP contribution in [0.1, 0.15) is 18.7 Å². The quantitative estimate of drug-likeness (QED) is 0.434. The molecular weight excluding hydrogens is 424 g/mol. The van der Waals surface area contributed by atoms with Crippen LogP contribution in [0.2, 0.25) is 0 Å². The Bertz CT molecular complexity index is 1300. The van der Waals surface area contributed by atoms with Crippen molar-refractivity contribution in [2.45, 2.75) is 25.9 Å².